The SMILES string of the molecule is CC(C)(C)c1cc2c3c(c1)c1cc(C(C)(C)C)cc4c1n3-c1c(ccc3c1B2c1c2cc5c(cc2cc2c(-c6ccccc6)c(-c6ccccc6)n-3c12)C(C)(C)CCC5(C)C)C41c2ccccc2-c2ccccc21. The summed E-state index contributed by atoms with van der Waals surface area (Å²) < 4.78 is 5.55. The second-order valence-electron chi connectivity index (χ2n) is 26.2. The number of hydrogen-bond donors (Lipinski definition) is 0. The number of hydrogen-bond acceptors (Lipinski definition) is 0. The fourth-order valence-corrected chi connectivity index (χ4v) is 15.5. The molecule has 9 aromatic carbocycles. The molecule has 0 saturated carbocycles. The molecule has 3 aliphatic heterocycles. The van der Waals surface area contributed by atoms with E-state index in [1.165, 1.54) is 162 Å². The predicted octanol–water partition coefficient (Wildman–Crippen LogP) is 16.0. The van der Waals surface area contributed by atoms with E-state index in [-0.39, 0.29) is 28.4 Å². The van der Waals surface area contributed by atoms with Crippen molar-refractivity contribution in [3.05, 3.63) is 208 Å². The molecule has 5 aliphatic rings. The molecule has 358 valence electrons. The summed E-state index contributed by atoms with van der Waals surface area (Å²) in [5.41, 5.74) is 29.5. The maximum Gasteiger partial charge on any atom is 0.253 e. The van der Waals surface area contributed by atoms with Gasteiger partial charge in [0.15, 0.2) is 0 Å². The van der Waals surface area contributed by atoms with E-state index in [4.69, 9.17) is 0 Å². The van der Waals surface area contributed by atoms with Crippen molar-refractivity contribution in [2.75, 3.05) is 0 Å². The van der Waals surface area contributed by atoms with E-state index >= 15 is 0 Å². The monoisotopic (exact) mass is 952 g/mol. The molecule has 11 aromatic rings. The molecule has 1 spiro atoms. The molecule has 0 fully saturated rings. The summed E-state index contributed by atoms with van der Waals surface area (Å²) in [5, 5.41) is 6.82. The summed E-state index contributed by atoms with van der Waals surface area (Å²) in [5.74, 6) is 0. The second kappa shape index (κ2) is 13.7. The fourth-order valence-electron chi connectivity index (χ4n) is 15.5. The van der Waals surface area contributed by atoms with Gasteiger partial charge in [-0.3, -0.25) is 0 Å². The lowest BCUT2D eigenvalue weighted by atomic mass is 9.33. The van der Waals surface area contributed by atoms with Gasteiger partial charge in [-0.15, -0.1) is 0 Å². The molecule has 0 amide bonds. The Morgan fingerprint density at radius 2 is 1.00 bits per heavy atom. The Bertz CT molecular complexity index is 4320. The molecular formula is C71H61BN2. The first-order valence-electron chi connectivity index (χ1n) is 27.3. The lowest BCUT2D eigenvalue weighted by Gasteiger charge is -2.45. The average Bonchev–Trinajstić information content (AvgIpc) is 4.20. The molecule has 5 heterocycles. The summed E-state index contributed by atoms with van der Waals surface area (Å²) in [4.78, 5) is 0. The van der Waals surface area contributed by atoms with Gasteiger partial charge in [0.25, 0.3) is 6.71 Å². The highest BCUT2D eigenvalue weighted by molar-refractivity contribution is 7.01. The zero-order chi connectivity index (χ0) is 50.3. The van der Waals surface area contributed by atoms with Crippen LogP contribution in [-0.4, -0.2) is 15.8 Å². The van der Waals surface area contributed by atoms with Gasteiger partial charge in [0.05, 0.1) is 22.1 Å². The Labute approximate surface area is 435 Å². The van der Waals surface area contributed by atoms with Gasteiger partial charge in [-0.05, 0) is 153 Å². The maximum absolute atomic E-state index is 2.80. The van der Waals surface area contributed by atoms with Crippen LogP contribution in [0.2, 0.25) is 0 Å². The summed E-state index contributed by atoms with van der Waals surface area (Å²) in [6, 6.07) is 65.0. The van der Waals surface area contributed by atoms with Gasteiger partial charge in [0.2, 0.25) is 0 Å². The van der Waals surface area contributed by atoms with Crippen LogP contribution in [0.5, 0.6) is 0 Å². The van der Waals surface area contributed by atoms with Gasteiger partial charge in [-0.1, -0.05) is 209 Å². The summed E-state index contributed by atoms with van der Waals surface area (Å²) >= 11 is 0. The summed E-state index contributed by atoms with van der Waals surface area (Å²) in [7, 11) is 0. The molecule has 2 aliphatic carbocycles. The van der Waals surface area contributed by atoms with Gasteiger partial charge >= 0.3 is 0 Å². The van der Waals surface area contributed by atoms with Crippen LogP contribution < -0.4 is 16.4 Å². The quantitative estimate of drug-likeness (QED) is 0.153. The van der Waals surface area contributed by atoms with E-state index in [0.717, 1.165) is 0 Å². The Hall–Kier alpha value is -7.36. The molecular weight excluding hydrogens is 892 g/mol. The van der Waals surface area contributed by atoms with E-state index in [2.05, 4.69) is 242 Å². The third kappa shape index (κ3) is 5.10. The minimum absolute atomic E-state index is 0.0358. The van der Waals surface area contributed by atoms with Crippen molar-refractivity contribution < 1.29 is 0 Å². The largest absolute Gasteiger partial charge is 0.310 e. The number of benzene rings is 9. The zero-order valence-electron chi connectivity index (χ0n) is 44.5. The van der Waals surface area contributed by atoms with Crippen molar-refractivity contribution in [1.29, 1.82) is 0 Å². The van der Waals surface area contributed by atoms with Crippen LogP contribution in [0.25, 0.3) is 88.4 Å². The number of aromatic nitrogens is 2. The van der Waals surface area contributed by atoms with Crippen molar-refractivity contribution >= 4 is 66.6 Å². The standard InChI is InChI=1S/C71H61BN2/c1-67(2,3)43-35-48-49-36-44(68(4,5)6)38-57-64(49)74-63(48)56(37-43)71(51-27-19-17-25-45(51)46-26-18-20-28-52(46)71)53-29-30-58-61(66(53)74)72(57)60-47-39-55-54(69(7,8)31-32-70(55,9)10)34-42(47)33-50-59(40-21-13-11-14-22-40)62(73(58)65(50)60)41-23-15-12-16-24-41/h11-30,33-39H,31-32H2,1-10H3. The molecule has 16 rings (SSSR count). The Kier molecular flexibility index (Phi) is 7.96. The van der Waals surface area contributed by atoms with Crippen LogP contribution in [-0.2, 0) is 27.1 Å². The van der Waals surface area contributed by atoms with E-state index < -0.39 is 5.41 Å². The Morgan fingerprint density at radius 1 is 0.432 bits per heavy atom. The van der Waals surface area contributed by atoms with Crippen LogP contribution in [0.15, 0.2) is 164 Å². The first kappa shape index (κ1) is 43.1. The van der Waals surface area contributed by atoms with Crippen molar-refractivity contribution in [3.8, 4) is 44.9 Å². The highest BCUT2D eigenvalue weighted by Gasteiger charge is 2.55. The first-order chi connectivity index (χ1) is 35.5. The Morgan fingerprint density at radius 3 is 1.64 bits per heavy atom. The lowest BCUT2D eigenvalue weighted by molar-refractivity contribution is 0.332. The normalized spacial score (nSPS) is 16.7. The smallest absolute Gasteiger partial charge is 0.253 e. The highest BCUT2D eigenvalue weighted by Crippen LogP contribution is 2.62. The average molecular weight is 953 g/mol. The minimum Gasteiger partial charge on any atom is -0.310 e. The number of fused-ring (bicyclic) bond motifs is 14. The van der Waals surface area contributed by atoms with E-state index in [0.29, 0.717) is 0 Å². The van der Waals surface area contributed by atoms with Crippen molar-refractivity contribution in [1.82, 2.24) is 9.13 Å². The van der Waals surface area contributed by atoms with Crippen molar-refractivity contribution in [3.63, 3.8) is 0 Å². The third-order valence-electron chi connectivity index (χ3n) is 19.2. The van der Waals surface area contributed by atoms with Crippen LogP contribution >= 0.6 is 0 Å². The summed E-state index contributed by atoms with van der Waals surface area (Å²) in [6.45, 7) is 24.4. The molecule has 0 atom stereocenters. The first-order valence-corrected chi connectivity index (χ1v) is 27.3. The van der Waals surface area contributed by atoms with Gasteiger partial charge < -0.3 is 9.13 Å². The molecule has 0 unspecified atom stereocenters. The van der Waals surface area contributed by atoms with Crippen LogP contribution in [0, 0.1) is 0 Å². The maximum atomic E-state index is 2.80. The number of nitrogens with zero attached hydrogens (tertiary/aromatic N) is 2. The van der Waals surface area contributed by atoms with Crippen LogP contribution in [0.1, 0.15) is 127 Å². The van der Waals surface area contributed by atoms with Crippen LogP contribution in [0.4, 0.5) is 0 Å². The van der Waals surface area contributed by atoms with Gasteiger partial charge in [0, 0.05) is 38.6 Å². The van der Waals surface area contributed by atoms with Gasteiger partial charge in [0.1, 0.15) is 0 Å². The topological polar surface area (TPSA) is 9.86 Å². The van der Waals surface area contributed by atoms with E-state index in [1.807, 2.05) is 0 Å². The Balaban J connectivity index is 1.20. The van der Waals surface area contributed by atoms with Gasteiger partial charge in [-0.25, -0.2) is 0 Å². The summed E-state index contributed by atoms with van der Waals surface area (Å²) in [6.07, 6.45) is 2.34. The molecule has 74 heavy (non-hydrogen) atoms. The fraction of sp³-hybridized carbons (Fsp3) is 0.239. The third-order valence-corrected chi connectivity index (χ3v) is 19.2. The molecule has 2 nitrogen and oxygen atoms in total. The molecule has 0 radical (unpaired) electrons. The molecule has 3 heteroatoms. The predicted molar refractivity (Wildman–Crippen MR) is 314 cm³/mol. The van der Waals surface area contributed by atoms with E-state index in [1.54, 1.807) is 0 Å². The van der Waals surface area contributed by atoms with E-state index in [9.17, 15) is 0 Å². The van der Waals surface area contributed by atoms with Crippen molar-refractivity contribution in [2.45, 2.75) is 109 Å². The molecule has 0 bridgehead atoms. The van der Waals surface area contributed by atoms with Crippen molar-refractivity contribution in [2.24, 2.45) is 0 Å². The van der Waals surface area contributed by atoms with Gasteiger partial charge in [-0.2, -0.15) is 0 Å². The molecule has 0 saturated heterocycles. The minimum atomic E-state index is -0.562. The molecule has 0 N–H and O–H groups in total. The zero-order valence-corrected chi connectivity index (χ0v) is 44.5. The second-order valence-corrected chi connectivity index (χ2v) is 26.2. The molecule has 2 aromatic heterocycles. The number of rotatable bonds is 2. The lowest BCUT2D eigenvalue weighted by Crippen LogP contribution is -2.61. The highest BCUT2D eigenvalue weighted by atomic mass is 15.1. The van der Waals surface area contributed by atoms with Crippen LogP contribution in [0.3, 0.4) is 0 Å².